The Morgan fingerprint density at radius 2 is 2.00 bits per heavy atom. The second-order valence-electron chi connectivity index (χ2n) is 3.69. The average molecular weight is 230 g/mol. The molecule has 0 aliphatic carbocycles. The molecular weight excluding hydrogens is 221 g/mol. The molecule has 1 aliphatic rings. The van der Waals surface area contributed by atoms with Crippen LogP contribution in [-0.4, -0.2) is 18.6 Å². The number of hydrogen-bond acceptors (Lipinski definition) is 2. The number of fused-ring (bicyclic) bond motifs is 1. The van der Waals surface area contributed by atoms with Crippen LogP contribution in [0.2, 0.25) is 0 Å². The first-order valence-corrected chi connectivity index (χ1v) is 4.80. The summed E-state index contributed by atoms with van der Waals surface area (Å²) in [6.45, 7) is -0.199. The predicted octanol–water partition coefficient (Wildman–Crippen LogP) is 2.83. The molecule has 1 aliphatic heterocycles. The van der Waals surface area contributed by atoms with E-state index in [4.69, 9.17) is 4.74 Å². The molecule has 2 rings (SSSR count). The normalized spacial score (nSPS) is 20.2. The second-order valence-corrected chi connectivity index (χ2v) is 3.69. The minimum Gasteiger partial charge on any atom is -0.492 e. The number of rotatable bonds is 1. The number of carbonyl (C=O) groups is 1. The predicted molar refractivity (Wildman–Crippen MR) is 50.4 cm³/mol. The maximum Gasteiger partial charge on any atom is 0.389 e. The summed E-state index contributed by atoms with van der Waals surface area (Å²) in [5, 5.41) is 0. The lowest BCUT2D eigenvalue weighted by Gasteiger charge is -2.24. The molecule has 1 atom stereocenters. The van der Waals surface area contributed by atoms with Crippen LogP contribution in [0.1, 0.15) is 16.8 Å². The van der Waals surface area contributed by atoms with Gasteiger partial charge in [0, 0.05) is 0 Å². The Hall–Kier alpha value is -1.52. The van der Waals surface area contributed by atoms with Gasteiger partial charge in [0.05, 0.1) is 24.5 Å². The molecule has 0 amide bonds. The summed E-state index contributed by atoms with van der Waals surface area (Å²) in [5.41, 5.74) is 0.239. The number of halogens is 3. The minimum atomic E-state index is -4.34. The number of benzene rings is 1. The van der Waals surface area contributed by atoms with Crippen LogP contribution in [0, 0.1) is 5.92 Å². The van der Waals surface area contributed by atoms with Crippen LogP contribution in [0.5, 0.6) is 5.75 Å². The molecule has 16 heavy (non-hydrogen) atoms. The standard InChI is InChI=1S/C11H9F3O2/c12-11(13,14)5-7-6-16-9-4-2-1-3-8(9)10(7)15/h1-4,7H,5-6H2. The Balaban J connectivity index is 2.22. The van der Waals surface area contributed by atoms with E-state index in [9.17, 15) is 18.0 Å². The first-order chi connectivity index (χ1) is 7.47. The fraction of sp³-hybridized carbons (Fsp3) is 0.364. The highest BCUT2D eigenvalue weighted by atomic mass is 19.4. The average Bonchev–Trinajstić information content (AvgIpc) is 2.21. The monoisotopic (exact) mass is 230 g/mol. The maximum absolute atomic E-state index is 12.2. The van der Waals surface area contributed by atoms with Gasteiger partial charge in [-0.25, -0.2) is 0 Å². The van der Waals surface area contributed by atoms with Crippen LogP contribution in [-0.2, 0) is 0 Å². The van der Waals surface area contributed by atoms with E-state index >= 15 is 0 Å². The van der Waals surface area contributed by atoms with Crippen molar-refractivity contribution >= 4 is 5.78 Å². The molecule has 0 aromatic heterocycles. The van der Waals surface area contributed by atoms with Crippen molar-refractivity contribution in [2.24, 2.45) is 5.92 Å². The van der Waals surface area contributed by atoms with Gasteiger partial charge in [0.1, 0.15) is 5.75 Å². The molecule has 0 saturated heterocycles. The quantitative estimate of drug-likeness (QED) is 0.741. The van der Waals surface area contributed by atoms with Crippen molar-refractivity contribution in [1.82, 2.24) is 0 Å². The van der Waals surface area contributed by atoms with E-state index in [0.717, 1.165) is 0 Å². The van der Waals surface area contributed by atoms with Crippen molar-refractivity contribution in [3.8, 4) is 5.75 Å². The van der Waals surface area contributed by atoms with Crippen molar-refractivity contribution in [3.63, 3.8) is 0 Å². The molecule has 5 heteroatoms. The van der Waals surface area contributed by atoms with Gasteiger partial charge in [0.2, 0.25) is 0 Å². The molecule has 1 aromatic rings. The summed E-state index contributed by atoms with van der Waals surface area (Å²) >= 11 is 0. The number of hydrogen-bond donors (Lipinski definition) is 0. The van der Waals surface area contributed by atoms with E-state index in [1.165, 1.54) is 6.07 Å². The topological polar surface area (TPSA) is 26.3 Å². The first kappa shape index (κ1) is 11.0. The van der Waals surface area contributed by atoms with Crippen molar-refractivity contribution < 1.29 is 22.7 Å². The van der Waals surface area contributed by atoms with Crippen molar-refractivity contribution in [1.29, 1.82) is 0 Å². The lowest BCUT2D eigenvalue weighted by molar-refractivity contribution is -0.143. The molecule has 1 heterocycles. The van der Waals surface area contributed by atoms with E-state index in [-0.39, 0.29) is 12.2 Å². The van der Waals surface area contributed by atoms with Crippen LogP contribution in [0.3, 0.4) is 0 Å². The molecule has 0 fully saturated rings. The third-order valence-electron chi connectivity index (χ3n) is 2.44. The van der Waals surface area contributed by atoms with Gasteiger partial charge >= 0.3 is 6.18 Å². The highest BCUT2D eigenvalue weighted by molar-refractivity contribution is 6.01. The number of Topliss-reactive ketones (excluding diaryl/α,β-unsaturated/α-hetero) is 1. The van der Waals surface area contributed by atoms with E-state index in [1.807, 2.05) is 0 Å². The summed E-state index contributed by atoms with van der Waals surface area (Å²) in [4.78, 5) is 11.7. The SMILES string of the molecule is O=C1c2ccccc2OCC1CC(F)(F)F. The Morgan fingerprint density at radius 1 is 1.31 bits per heavy atom. The van der Waals surface area contributed by atoms with Gasteiger partial charge in [-0.1, -0.05) is 12.1 Å². The summed E-state index contributed by atoms with van der Waals surface area (Å²) in [6.07, 6.45) is -5.46. The molecule has 0 bridgehead atoms. The molecule has 1 unspecified atom stereocenters. The molecule has 1 aromatic carbocycles. The first-order valence-electron chi connectivity index (χ1n) is 4.80. The van der Waals surface area contributed by atoms with Gasteiger partial charge < -0.3 is 4.74 Å². The number of para-hydroxylation sites is 1. The van der Waals surface area contributed by atoms with Crippen LogP contribution in [0.4, 0.5) is 13.2 Å². The Morgan fingerprint density at radius 3 is 2.69 bits per heavy atom. The van der Waals surface area contributed by atoms with Gasteiger partial charge in [0.15, 0.2) is 5.78 Å². The summed E-state index contributed by atoms with van der Waals surface area (Å²) < 4.78 is 41.7. The van der Waals surface area contributed by atoms with Gasteiger partial charge in [-0.05, 0) is 12.1 Å². The fourth-order valence-corrected chi connectivity index (χ4v) is 1.71. The molecular formula is C11H9F3O2. The number of ketones is 1. The summed E-state index contributed by atoms with van der Waals surface area (Å²) in [6, 6.07) is 6.35. The van der Waals surface area contributed by atoms with Gasteiger partial charge in [-0.3, -0.25) is 4.79 Å². The van der Waals surface area contributed by atoms with Gasteiger partial charge in [-0.15, -0.1) is 0 Å². The zero-order chi connectivity index (χ0) is 11.8. The molecule has 0 N–H and O–H groups in total. The lowest BCUT2D eigenvalue weighted by atomic mass is 9.92. The zero-order valence-electron chi connectivity index (χ0n) is 8.25. The molecule has 0 spiro atoms. The number of ether oxygens (including phenoxy) is 1. The van der Waals surface area contributed by atoms with Crippen molar-refractivity contribution in [3.05, 3.63) is 29.8 Å². The second kappa shape index (κ2) is 3.81. The van der Waals surface area contributed by atoms with Crippen molar-refractivity contribution in [2.75, 3.05) is 6.61 Å². The van der Waals surface area contributed by atoms with Crippen LogP contribution < -0.4 is 4.74 Å². The number of carbonyl (C=O) groups excluding carboxylic acids is 1. The highest BCUT2D eigenvalue weighted by Crippen LogP contribution is 2.33. The smallest absolute Gasteiger partial charge is 0.389 e. The Kier molecular flexibility index (Phi) is 2.61. The molecule has 0 radical (unpaired) electrons. The molecule has 86 valence electrons. The van der Waals surface area contributed by atoms with E-state index < -0.39 is 24.3 Å². The zero-order valence-corrected chi connectivity index (χ0v) is 8.25. The fourth-order valence-electron chi connectivity index (χ4n) is 1.71. The lowest BCUT2D eigenvalue weighted by Crippen LogP contribution is -2.31. The third kappa shape index (κ3) is 2.18. The van der Waals surface area contributed by atoms with Gasteiger partial charge in [-0.2, -0.15) is 13.2 Å². The van der Waals surface area contributed by atoms with Gasteiger partial charge in [0.25, 0.3) is 0 Å². The van der Waals surface area contributed by atoms with E-state index in [1.54, 1.807) is 18.2 Å². The minimum absolute atomic E-state index is 0.199. The summed E-state index contributed by atoms with van der Waals surface area (Å²) in [5.74, 6) is -1.24. The Labute approximate surface area is 90.0 Å². The summed E-state index contributed by atoms with van der Waals surface area (Å²) in [7, 11) is 0. The van der Waals surface area contributed by atoms with Crippen LogP contribution in [0.25, 0.3) is 0 Å². The Bertz CT molecular complexity index is 412. The maximum atomic E-state index is 12.2. The number of alkyl halides is 3. The third-order valence-corrected chi connectivity index (χ3v) is 2.44. The highest BCUT2D eigenvalue weighted by Gasteiger charge is 2.38. The molecule has 2 nitrogen and oxygen atoms in total. The van der Waals surface area contributed by atoms with Crippen LogP contribution >= 0.6 is 0 Å². The largest absolute Gasteiger partial charge is 0.492 e. The molecule has 0 saturated carbocycles. The van der Waals surface area contributed by atoms with E-state index in [2.05, 4.69) is 0 Å². The van der Waals surface area contributed by atoms with Crippen molar-refractivity contribution in [2.45, 2.75) is 12.6 Å². The van der Waals surface area contributed by atoms with Crippen LogP contribution in [0.15, 0.2) is 24.3 Å². The van der Waals surface area contributed by atoms with E-state index in [0.29, 0.717) is 5.75 Å².